The molecule has 2 amide bonds. The lowest BCUT2D eigenvalue weighted by molar-refractivity contribution is 0.146. The minimum atomic E-state index is -0.142. The fourth-order valence-corrected chi connectivity index (χ4v) is 3.50. The summed E-state index contributed by atoms with van der Waals surface area (Å²) >= 11 is 0. The van der Waals surface area contributed by atoms with Gasteiger partial charge in [-0.2, -0.15) is 5.10 Å². The van der Waals surface area contributed by atoms with Gasteiger partial charge in [0.15, 0.2) is 0 Å². The van der Waals surface area contributed by atoms with Crippen LogP contribution in [-0.4, -0.2) is 38.8 Å². The Kier molecular flexibility index (Phi) is 5.06. The van der Waals surface area contributed by atoms with E-state index in [1.807, 2.05) is 34.8 Å². The number of nitrogens with zero attached hydrogens (tertiary/aromatic N) is 4. The van der Waals surface area contributed by atoms with E-state index >= 15 is 0 Å². The van der Waals surface area contributed by atoms with Crippen LogP contribution in [0.4, 0.5) is 4.79 Å². The molecule has 0 radical (unpaired) electrons. The number of aryl methyl sites for hydroxylation is 1. The second-order valence-corrected chi connectivity index (χ2v) is 7.36. The first kappa shape index (κ1) is 17.5. The lowest BCUT2D eigenvalue weighted by Gasteiger charge is -2.36. The van der Waals surface area contributed by atoms with Crippen LogP contribution in [-0.2, 0) is 12.5 Å². The Morgan fingerprint density at radius 2 is 2.00 bits per heavy atom. The largest absolute Gasteiger partial charge is 0.337 e. The molecule has 0 spiro atoms. The van der Waals surface area contributed by atoms with Gasteiger partial charge < -0.3 is 10.2 Å². The minimum Gasteiger partial charge on any atom is -0.337 e. The van der Waals surface area contributed by atoms with Gasteiger partial charge in [0.05, 0.1) is 11.7 Å². The van der Waals surface area contributed by atoms with Crippen molar-refractivity contribution in [1.82, 2.24) is 25.0 Å². The van der Waals surface area contributed by atoms with Crippen LogP contribution in [0.3, 0.4) is 0 Å². The predicted octanol–water partition coefficient (Wildman–Crippen LogP) is 3.03. The number of likely N-dealkylation sites (tertiary alicyclic amines) is 1. The summed E-state index contributed by atoms with van der Waals surface area (Å²) in [6, 6.07) is 6.13. The highest BCUT2D eigenvalue weighted by Crippen LogP contribution is 2.30. The second kappa shape index (κ2) is 7.25. The Morgan fingerprint density at radius 3 is 2.68 bits per heavy atom. The van der Waals surface area contributed by atoms with E-state index in [0.717, 1.165) is 31.5 Å². The van der Waals surface area contributed by atoms with Crippen LogP contribution in [0.15, 0.2) is 36.8 Å². The number of aromatic nitrogens is 3. The number of pyridine rings is 1. The molecule has 0 bridgehead atoms. The zero-order valence-electron chi connectivity index (χ0n) is 15.3. The summed E-state index contributed by atoms with van der Waals surface area (Å²) in [5, 5.41) is 7.40. The number of carbonyl (C=O) groups excluding carboxylic acids is 1. The van der Waals surface area contributed by atoms with Crippen LogP contribution >= 0.6 is 0 Å². The highest BCUT2D eigenvalue weighted by Gasteiger charge is 2.31. The molecule has 0 saturated carbocycles. The van der Waals surface area contributed by atoms with E-state index in [1.165, 1.54) is 5.56 Å². The zero-order chi connectivity index (χ0) is 17.9. The number of carbonyl (C=O) groups is 1. The quantitative estimate of drug-likeness (QED) is 0.930. The van der Waals surface area contributed by atoms with Gasteiger partial charge in [0.2, 0.25) is 0 Å². The fraction of sp³-hybridized carbons (Fsp3) is 0.526. The minimum absolute atomic E-state index is 0.00744. The van der Waals surface area contributed by atoms with Crippen molar-refractivity contribution < 1.29 is 4.79 Å². The Bertz CT molecular complexity index is 710. The van der Waals surface area contributed by atoms with Crippen molar-refractivity contribution in [1.29, 1.82) is 0 Å². The Labute approximate surface area is 149 Å². The molecule has 134 valence electrons. The van der Waals surface area contributed by atoms with E-state index < -0.39 is 0 Å². The van der Waals surface area contributed by atoms with Crippen LogP contribution < -0.4 is 5.32 Å². The predicted molar refractivity (Wildman–Crippen MR) is 97.2 cm³/mol. The molecular formula is C19H27N5O. The highest BCUT2D eigenvalue weighted by atomic mass is 16.2. The molecule has 0 aliphatic carbocycles. The van der Waals surface area contributed by atoms with Gasteiger partial charge >= 0.3 is 6.03 Å². The van der Waals surface area contributed by atoms with Gasteiger partial charge in [-0.25, -0.2) is 4.79 Å². The van der Waals surface area contributed by atoms with E-state index in [1.54, 1.807) is 18.6 Å². The van der Waals surface area contributed by atoms with Crippen LogP contribution in [0.5, 0.6) is 0 Å². The third kappa shape index (κ3) is 3.83. The summed E-state index contributed by atoms with van der Waals surface area (Å²) in [5.74, 6) is 0. The van der Waals surface area contributed by atoms with Crippen molar-refractivity contribution in [3.8, 4) is 0 Å². The SMILES string of the molecule is Cn1nccc1[C@@H]1CCCCN1C(=O)NCC(C)(C)c1ccncc1. The maximum Gasteiger partial charge on any atom is 0.317 e. The molecule has 25 heavy (non-hydrogen) atoms. The zero-order valence-corrected chi connectivity index (χ0v) is 15.3. The molecule has 6 nitrogen and oxygen atoms in total. The van der Waals surface area contributed by atoms with Crippen molar-refractivity contribution in [3.05, 3.63) is 48.0 Å². The molecule has 1 aliphatic rings. The normalized spacial score (nSPS) is 18.2. The summed E-state index contributed by atoms with van der Waals surface area (Å²) in [5.41, 5.74) is 2.13. The first-order valence-electron chi connectivity index (χ1n) is 8.92. The maximum atomic E-state index is 12.9. The van der Waals surface area contributed by atoms with Gasteiger partial charge in [0.25, 0.3) is 0 Å². The first-order valence-corrected chi connectivity index (χ1v) is 8.92. The van der Waals surface area contributed by atoms with E-state index in [4.69, 9.17) is 0 Å². The smallest absolute Gasteiger partial charge is 0.317 e. The van der Waals surface area contributed by atoms with E-state index in [9.17, 15) is 4.79 Å². The number of urea groups is 1. The van der Waals surface area contributed by atoms with E-state index in [-0.39, 0.29) is 17.5 Å². The first-order chi connectivity index (χ1) is 12.0. The number of piperidine rings is 1. The van der Waals surface area contributed by atoms with Crippen molar-refractivity contribution >= 4 is 6.03 Å². The van der Waals surface area contributed by atoms with Crippen LogP contribution in [0.25, 0.3) is 0 Å². The monoisotopic (exact) mass is 341 g/mol. The molecule has 2 aromatic heterocycles. The van der Waals surface area contributed by atoms with Gasteiger partial charge in [-0.15, -0.1) is 0 Å². The topological polar surface area (TPSA) is 63.1 Å². The molecule has 1 aliphatic heterocycles. The van der Waals surface area contributed by atoms with Crippen molar-refractivity contribution in [2.75, 3.05) is 13.1 Å². The molecular weight excluding hydrogens is 314 g/mol. The van der Waals surface area contributed by atoms with Crippen LogP contribution in [0.1, 0.15) is 50.4 Å². The summed E-state index contributed by atoms with van der Waals surface area (Å²) < 4.78 is 1.87. The molecule has 0 aromatic carbocycles. The van der Waals surface area contributed by atoms with Gasteiger partial charge in [0.1, 0.15) is 0 Å². The standard InChI is InChI=1S/C19H27N5O/c1-19(2,15-7-10-20-11-8-15)14-21-18(25)24-13-5-4-6-17(24)16-9-12-22-23(16)3/h7-12,17H,4-6,13-14H2,1-3H3,(H,21,25)/t17-/m0/s1. The third-order valence-electron chi connectivity index (χ3n) is 5.11. The summed E-state index contributed by atoms with van der Waals surface area (Å²) in [6.07, 6.45) is 8.56. The van der Waals surface area contributed by atoms with Crippen molar-refractivity contribution in [2.45, 2.75) is 44.6 Å². The molecule has 2 aromatic rings. The molecule has 3 rings (SSSR count). The average molecular weight is 341 g/mol. The Morgan fingerprint density at radius 1 is 1.24 bits per heavy atom. The van der Waals surface area contributed by atoms with Gasteiger partial charge in [-0.1, -0.05) is 13.8 Å². The molecule has 1 atom stereocenters. The number of amides is 2. The molecule has 1 fully saturated rings. The van der Waals surface area contributed by atoms with Gasteiger partial charge in [0, 0.05) is 44.1 Å². The molecule has 1 N–H and O–H groups in total. The van der Waals surface area contributed by atoms with Crippen LogP contribution in [0, 0.1) is 0 Å². The summed E-state index contributed by atoms with van der Waals surface area (Å²) in [6.45, 7) is 5.65. The second-order valence-electron chi connectivity index (χ2n) is 7.36. The molecule has 6 heteroatoms. The number of rotatable bonds is 4. The Hall–Kier alpha value is -2.37. The average Bonchev–Trinajstić information content (AvgIpc) is 3.06. The lowest BCUT2D eigenvalue weighted by atomic mass is 9.85. The van der Waals surface area contributed by atoms with E-state index in [2.05, 4.69) is 29.2 Å². The third-order valence-corrected chi connectivity index (χ3v) is 5.11. The maximum absolute atomic E-state index is 12.9. The van der Waals surface area contributed by atoms with E-state index in [0.29, 0.717) is 6.54 Å². The number of hydrogen-bond donors (Lipinski definition) is 1. The van der Waals surface area contributed by atoms with Crippen molar-refractivity contribution in [3.63, 3.8) is 0 Å². The van der Waals surface area contributed by atoms with Gasteiger partial charge in [-0.3, -0.25) is 9.67 Å². The summed E-state index contributed by atoms with van der Waals surface area (Å²) in [4.78, 5) is 18.9. The fourth-order valence-electron chi connectivity index (χ4n) is 3.50. The molecule has 1 saturated heterocycles. The molecule has 3 heterocycles. The van der Waals surface area contributed by atoms with Crippen LogP contribution in [0.2, 0.25) is 0 Å². The Balaban J connectivity index is 1.68. The van der Waals surface area contributed by atoms with Crippen molar-refractivity contribution in [2.24, 2.45) is 7.05 Å². The molecule has 0 unspecified atom stereocenters. The highest BCUT2D eigenvalue weighted by molar-refractivity contribution is 5.75. The number of nitrogens with one attached hydrogen (secondary N) is 1. The van der Waals surface area contributed by atoms with Gasteiger partial charge in [-0.05, 0) is 43.0 Å². The lowest BCUT2D eigenvalue weighted by Crippen LogP contribution is -2.48. The summed E-state index contributed by atoms with van der Waals surface area (Å²) in [7, 11) is 1.94. The number of hydrogen-bond acceptors (Lipinski definition) is 3.